The van der Waals surface area contributed by atoms with Gasteiger partial charge in [0.2, 0.25) is 0 Å². The number of esters is 1. The molecule has 0 fully saturated rings. The molecular weight excluding hydrogens is 418 g/mol. The van der Waals surface area contributed by atoms with Crippen LogP contribution in [0.3, 0.4) is 0 Å². The van der Waals surface area contributed by atoms with E-state index in [4.69, 9.17) is 19.9 Å². The summed E-state index contributed by atoms with van der Waals surface area (Å²) in [6, 6.07) is 10.3. The van der Waals surface area contributed by atoms with E-state index in [1.165, 1.54) is 18.4 Å². The van der Waals surface area contributed by atoms with Gasteiger partial charge in [-0.1, -0.05) is 12.1 Å². The SMILES string of the molecule is COC(=O)c1sc2c(cnc3cc(OC)c(OC)cc32)c1NC(=O)c1ccccc1N. The maximum absolute atomic E-state index is 12.9. The third-order valence-electron chi connectivity index (χ3n) is 4.84. The van der Waals surface area contributed by atoms with Gasteiger partial charge in [0, 0.05) is 33.4 Å². The van der Waals surface area contributed by atoms with Gasteiger partial charge in [-0.05, 0) is 18.2 Å². The van der Waals surface area contributed by atoms with Crippen molar-refractivity contribution in [2.75, 3.05) is 32.4 Å². The summed E-state index contributed by atoms with van der Waals surface area (Å²) in [5.41, 5.74) is 7.55. The lowest BCUT2D eigenvalue weighted by Crippen LogP contribution is -2.15. The molecule has 2 aromatic carbocycles. The molecule has 0 aliphatic heterocycles. The van der Waals surface area contributed by atoms with Crippen LogP contribution in [0.4, 0.5) is 11.4 Å². The zero-order chi connectivity index (χ0) is 22.1. The Kier molecular flexibility index (Phi) is 5.35. The normalized spacial score (nSPS) is 10.8. The zero-order valence-electron chi connectivity index (χ0n) is 17.0. The Labute approximate surface area is 181 Å². The van der Waals surface area contributed by atoms with Crippen molar-refractivity contribution in [1.82, 2.24) is 4.98 Å². The van der Waals surface area contributed by atoms with Crippen molar-refractivity contribution in [3.8, 4) is 11.5 Å². The number of carbonyl (C=O) groups is 2. The van der Waals surface area contributed by atoms with Crippen LogP contribution in [0.15, 0.2) is 42.6 Å². The average Bonchev–Trinajstić information content (AvgIpc) is 3.16. The fourth-order valence-corrected chi connectivity index (χ4v) is 4.48. The first kappa shape index (κ1) is 20.4. The predicted molar refractivity (Wildman–Crippen MR) is 120 cm³/mol. The number of ether oxygens (including phenoxy) is 3. The molecular formula is C22H19N3O5S. The van der Waals surface area contributed by atoms with E-state index < -0.39 is 11.9 Å². The van der Waals surface area contributed by atoms with Crippen LogP contribution in [0, 0.1) is 0 Å². The number of hydrogen-bond donors (Lipinski definition) is 2. The summed E-state index contributed by atoms with van der Waals surface area (Å²) in [6.45, 7) is 0. The first-order valence-electron chi connectivity index (χ1n) is 9.19. The Bertz CT molecular complexity index is 1330. The largest absolute Gasteiger partial charge is 0.493 e. The van der Waals surface area contributed by atoms with Crippen molar-refractivity contribution in [1.29, 1.82) is 0 Å². The molecule has 8 nitrogen and oxygen atoms in total. The minimum absolute atomic E-state index is 0.254. The molecule has 0 aliphatic carbocycles. The molecule has 31 heavy (non-hydrogen) atoms. The quantitative estimate of drug-likeness (QED) is 0.357. The predicted octanol–water partition coefficient (Wildman–Crippen LogP) is 4.09. The molecule has 3 N–H and O–H groups in total. The van der Waals surface area contributed by atoms with Gasteiger partial charge in [0.25, 0.3) is 5.91 Å². The summed E-state index contributed by atoms with van der Waals surface area (Å²) < 4.78 is 16.5. The number of aromatic nitrogens is 1. The van der Waals surface area contributed by atoms with Crippen molar-refractivity contribution in [2.24, 2.45) is 0 Å². The molecule has 4 aromatic rings. The van der Waals surface area contributed by atoms with Crippen LogP contribution in [-0.2, 0) is 4.74 Å². The molecule has 2 aromatic heterocycles. The van der Waals surface area contributed by atoms with E-state index >= 15 is 0 Å². The van der Waals surface area contributed by atoms with Gasteiger partial charge in [-0.25, -0.2) is 4.79 Å². The minimum atomic E-state index is -0.564. The molecule has 158 valence electrons. The topological polar surface area (TPSA) is 113 Å². The van der Waals surface area contributed by atoms with Gasteiger partial charge in [0.1, 0.15) is 4.88 Å². The summed E-state index contributed by atoms with van der Waals surface area (Å²) >= 11 is 1.20. The molecule has 0 radical (unpaired) electrons. The minimum Gasteiger partial charge on any atom is -0.493 e. The number of pyridine rings is 1. The Hall–Kier alpha value is -3.85. The van der Waals surface area contributed by atoms with Crippen molar-refractivity contribution in [2.45, 2.75) is 0 Å². The van der Waals surface area contributed by atoms with E-state index in [0.717, 1.165) is 10.1 Å². The Morgan fingerprint density at radius 1 is 1.03 bits per heavy atom. The van der Waals surface area contributed by atoms with Crippen LogP contribution in [0.1, 0.15) is 20.0 Å². The first-order chi connectivity index (χ1) is 15.0. The van der Waals surface area contributed by atoms with Crippen LogP contribution < -0.4 is 20.5 Å². The summed E-state index contributed by atoms with van der Waals surface area (Å²) in [6.07, 6.45) is 1.61. The van der Waals surface area contributed by atoms with Crippen LogP contribution >= 0.6 is 11.3 Å². The highest BCUT2D eigenvalue weighted by Crippen LogP contribution is 2.42. The second-order valence-corrected chi connectivity index (χ2v) is 7.59. The number of anilines is 2. The number of para-hydroxylation sites is 1. The fraction of sp³-hybridized carbons (Fsp3) is 0.136. The van der Waals surface area contributed by atoms with Crippen LogP contribution in [-0.4, -0.2) is 38.2 Å². The smallest absolute Gasteiger partial charge is 0.350 e. The third-order valence-corrected chi connectivity index (χ3v) is 6.06. The number of benzene rings is 2. The number of carbonyl (C=O) groups excluding carboxylic acids is 2. The fourth-order valence-electron chi connectivity index (χ4n) is 3.30. The lowest BCUT2D eigenvalue weighted by Gasteiger charge is -2.10. The van der Waals surface area contributed by atoms with E-state index in [0.29, 0.717) is 39.3 Å². The van der Waals surface area contributed by atoms with Gasteiger partial charge in [-0.3, -0.25) is 9.78 Å². The lowest BCUT2D eigenvalue weighted by atomic mass is 10.1. The molecule has 0 unspecified atom stereocenters. The van der Waals surface area contributed by atoms with Crippen molar-refractivity contribution >= 4 is 55.6 Å². The molecule has 0 bridgehead atoms. The highest BCUT2D eigenvalue weighted by Gasteiger charge is 2.24. The summed E-state index contributed by atoms with van der Waals surface area (Å²) in [4.78, 5) is 30.1. The zero-order valence-corrected chi connectivity index (χ0v) is 17.8. The number of fused-ring (bicyclic) bond motifs is 3. The molecule has 0 spiro atoms. The molecule has 4 rings (SSSR count). The van der Waals surface area contributed by atoms with Gasteiger partial charge in [-0.2, -0.15) is 0 Å². The molecule has 1 amide bonds. The highest BCUT2D eigenvalue weighted by molar-refractivity contribution is 7.22. The number of hydrogen-bond acceptors (Lipinski definition) is 8. The maximum Gasteiger partial charge on any atom is 0.350 e. The Morgan fingerprint density at radius 2 is 1.74 bits per heavy atom. The third kappa shape index (κ3) is 3.49. The van der Waals surface area contributed by atoms with Gasteiger partial charge in [-0.15, -0.1) is 11.3 Å². The van der Waals surface area contributed by atoms with E-state index in [1.807, 2.05) is 0 Å². The van der Waals surface area contributed by atoms with Crippen LogP contribution in [0.25, 0.3) is 21.0 Å². The summed E-state index contributed by atoms with van der Waals surface area (Å²) in [5, 5.41) is 4.18. The van der Waals surface area contributed by atoms with Crippen LogP contribution in [0.2, 0.25) is 0 Å². The average molecular weight is 437 g/mol. The number of nitrogens with zero attached hydrogens (tertiary/aromatic N) is 1. The second kappa shape index (κ2) is 8.11. The maximum atomic E-state index is 12.9. The highest BCUT2D eigenvalue weighted by atomic mass is 32.1. The lowest BCUT2D eigenvalue weighted by molar-refractivity contribution is 0.0607. The Balaban J connectivity index is 1.93. The molecule has 9 heteroatoms. The number of thiophene rings is 1. The standard InChI is InChI=1S/C22H19N3O5S/c1-28-16-8-12-15(9-17(16)29-2)24-10-13-18(20(22(27)30-3)31-19(12)13)25-21(26)11-6-4-5-7-14(11)23/h4-10H,23H2,1-3H3,(H,25,26). The molecule has 0 saturated heterocycles. The van der Waals surface area contributed by atoms with Crippen LogP contribution in [0.5, 0.6) is 11.5 Å². The van der Waals surface area contributed by atoms with Gasteiger partial charge in [0.15, 0.2) is 11.5 Å². The molecule has 0 aliphatic rings. The van der Waals surface area contributed by atoms with Crippen molar-refractivity contribution in [3.05, 3.63) is 53.0 Å². The van der Waals surface area contributed by atoms with E-state index in [-0.39, 0.29) is 4.88 Å². The van der Waals surface area contributed by atoms with Gasteiger partial charge < -0.3 is 25.3 Å². The molecule has 0 saturated carbocycles. The van der Waals surface area contributed by atoms with E-state index in [1.54, 1.807) is 56.8 Å². The van der Waals surface area contributed by atoms with Crippen molar-refractivity contribution in [3.63, 3.8) is 0 Å². The molecule has 2 heterocycles. The van der Waals surface area contributed by atoms with E-state index in [2.05, 4.69) is 10.3 Å². The second-order valence-electron chi connectivity index (χ2n) is 6.56. The monoisotopic (exact) mass is 437 g/mol. The first-order valence-corrected chi connectivity index (χ1v) is 10.0. The number of nitrogen functional groups attached to an aromatic ring is 1. The number of nitrogens with two attached hydrogens (primary N) is 1. The van der Waals surface area contributed by atoms with Gasteiger partial charge >= 0.3 is 5.97 Å². The summed E-state index contributed by atoms with van der Waals surface area (Å²) in [5.74, 6) is 0.0705. The Morgan fingerprint density at radius 3 is 2.42 bits per heavy atom. The summed E-state index contributed by atoms with van der Waals surface area (Å²) in [7, 11) is 4.38. The van der Waals surface area contributed by atoms with Crippen molar-refractivity contribution < 1.29 is 23.8 Å². The number of amides is 1. The molecule has 0 atom stereocenters. The van der Waals surface area contributed by atoms with Gasteiger partial charge in [0.05, 0.1) is 38.1 Å². The number of nitrogens with one attached hydrogen (secondary N) is 1. The number of rotatable bonds is 5. The number of methoxy groups -OCH3 is 3. The van der Waals surface area contributed by atoms with E-state index in [9.17, 15) is 9.59 Å².